The van der Waals surface area contributed by atoms with E-state index in [4.69, 9.17) is 0 Å². The maximum absolute atomic E-state index is 11.2. The number of carboxylic acids is 1. The molecular weight excluding hydrogens is 220 g/mol. The quantitative estimate of drug-likeness (QED) is 0.798. The summed E-state index contributed by atoms with van der Waals surface area (Å²) >= 11 is 0. The van der Waals surface area contributed by atoms with Crippen LogP contribution in [-0.2, 0) is 11.3 Å². The molecule has 1 heterocycles. The van der Waals surface area contributed by atoms with Gasteiger partial charge in [0.2, 0.25) is 0 Å². The van der Waals surface area contributed by atoms with E-state index >= 15 is 0 Å². The van der Waals surface area contributed by atoms with Gasteiger partial charge < -0.3 is 5.11 Å². The van der Waals surface area contributed by atoms with Crippen molar-refractivity contribution in [1.82, 2.24) is 20.1 Å². The number of hydrogen-bond donors (Lipinski definition) is 2. The van der Waals surface area contributed by atoms with Crippen LogP contribution in [0.3, 0.4) is 0 Å². The van der Waals surface area contributed by atoms with Gasteiger partial charge in [-0.1, -0.05) is 0 Å². The molecule has 2 rings (SSSR count). The molecule has 17 heavy (non-hydrogen) atoms. The van der Waals surface area contributed by atoms with Gasteiger partial charge in [0.25, 0.3) is 0 Å². The van der Waals surface area contributed by atoms with E-state index in [1.807, 2.05) is 13.8 Å². The minimum Gasteiger partial charge on any atom is -0.480 e. The van der Waals surface area contributed by atoms with Crippen molar-refractivity contribution in [2.45, 2.75) is 51.2 Å². The topological polar surface area (TPSA) is 80.0 Å². The Morgan fingerprint density at radius 2 is 2.35 bits per heavy atom. The van der Waals surface area contributed by atoms with Crippen LogP contribution in [0.25, 0.3) is 0 Å². The molecule has 1 aliphatic rings. The summed E-state index contributed by atoms with van der Waals surface area (Å²) in [6, 6.07) is 0.233. The van der Waals surface area contributed by atoms with Crippen LogP contribution < -0.4 is 5.32 Å². The van der Waals surface area contributed by atoms with E-state index in [1.54, 1.807) is 4.68 Å². The largest absolute Gasteiger partial charge is 0.480 e. The predicted octanol–water partition coefficient (Wildman–Crippen LogP) is 0.956. The maximum atomic E-state index is 11.2. The Morgan fingerprint density at radius 3 is 2.82 bits per heavy atom. The Kier molecular flexibility index (Phi) is 3.15. The van der Waals surface area contributed by atoms with E-state index < -0.39 is 11.5 Å². The highest BCUT2D eigenvalue weighted by atomic mass is 16.4. The fourth-order valence-corrected chi connectivity index (χ4v) is 2.08. The average molecular weight is 238 g/mol. The van der Waals surface area contributed by atoms with Crippen molar-refractivity contribution in [3.8, 4) is 0 Å². The van der Waals surface area contributed by atoms with Crippen molar-refractivity contribution >= 4 is 5.97 Å². The zero-order chi connectivity index (χ0) is 12.5. The second-order valence-electron chi connectivity index (χ2n) is 4.81. The minimum absolute atomic E-state index is 0.233. The summed E-state index contributed by atoms with van der Waals surface area (Å²) in [5.41, 5.74) is -0.742. The van der Waals surface area contributed by atoms with Crippen LogP contribution in [0.15, 0.2) is 6.33 Å². The first-order valence-electron chi connectivity index (χ1n) is 5.92. The molecule has 0 unspecified atom stereocenters. The Bertz CT molecular complexity index is 409. The fraction of sp³-hybridized carbons (Fsp3) is 0.727. The van der Waals surface area contributed by atoms with E-state index in [9.17, 15) is 9.90 Å². The predicted molar refractivity (Wildman–Crippen MR) is 61.5 cm³/mol. The highest BCUT2D eigenvalue weighted by Crippen LogP contribution is 2.32. The molecule has 0 atom stereocenters. The Morgan fingerprint density at radius 1 is 1.65 bits per heavy atom. The number of nitrogens with one attached hydrogen (secondary N) is 1. The highest BCUT2D eigenvalue weighted by molar-refractivity contribution is 5.79. The van der Waals surface area contributed by atoms with E-state index in [1.165, 1.54) is 6.33 Å². The lowest BCUT2D eigenvalue weighted by atomic mass is 9.77. The van der Waals surface area contributed by atoms with Gasteiger partial charge in [-0.05, 0) is 33.1 Å². The minimum atomic E-state index is -0.764. The highest BCUT2D eigenvalue weighted by Gasteiger charge is 2.44. The normalized spacial score (nSPS) is 18.1. The number of carboxylic acid groups (broad SMARTS) is 1. The van der Waals surface area contributed by atoms with Crippen LogP contribution in [0.4, 0.5) is 0 Å². The van der Waals surface area contributed by atoms with E-state index in [0.29, 0.717) is 19.4 Å². The van der Waals surface area contributed by atoms with Crippen molar-refractivity contribution in [2.24, 2.45) is 0 Å². The smallest absolute Gasteiger partial charge is 0.323 e. The van der Waals surface area contributed by atoms with Crippen LogP contribution in [-0.4, -0.2) is 31.4 Å². The third-order valence-corrected chi connectivity index (χ3v) is 3.34. The van der Waals surface area contributed by atoms with Crippen LogP contribution in [0.2, 0.25) is 0 Å². The lowest BCUT2D eigenvalue weighted by Crippen LogP contribution is -2.56. The molecular formula is C11H18N4O2. The number of hydrogen-bond acceptors (Lipinski definition) is 4. The van der Waals surface area contributed by atoms with Gasteiger partial charge in [-0.2, -0.15) is 5.10 Å². The molecule has 0 radical (unpaired) electrons. The molecule has 6 heteroatoms. The summed E-state index contributed by atoms with van der Waals surface area (Å²) in [5.74, 6) is 0.0203. The fourth-order valence-electron chi connectivity index (χ4n) is 2.08. The molecule has 1 aliphatic carbocycles. The average Bonchev–Trinajstić information content (AvgIpc) is 2.63. The van der Waals surface area contributed by atoms with Crippen LogP contribution in [0.5, 0.6) is 0 Å². The summed E-state index contributed by atoms with van der Waals surface area (Å²) in [6.45, 7) is 4.49. The summed E-state index contributed by atoms with van der Waals surface area (Å²) in [4.78, 5) is 15.3. The van der Waals surface area contributed by atoms with Crippen molar-refractivity contribution in [3.63, 3.8) is 0 Å². The van der Waals surface area contributed by atoms with Crippen molar-refractivity contribution < 1.29 is 9.90 Å². The Hall–Kier alpha value is -1.43. The summed E-state index contributed by atoms with van der Waals surface area (Å²) in [5, 5.41) is 16.4. The number of nitrogens with zero attached hydrogens (tertiary/aromatic N) is 3. The molecule has 1 saturated carbocycles. The van der Waals surface area contributed by atoms with Gasteiger partial charge in [-0.15, -0.1) is 0 Å². The molecule has 0 spiro atoms. The summed E-state index contributed by atoms with van der Waals surface area (Å²) in [7, 11) is 0. The molecule has 2 N–H and O–H groups in total. The molecule has 6 nitrogen and oxygen atoms in total. The molecule has 94 valence electrons. The van der Waals surface area contributed by atoms with Crippen molar-refractivity contribution in [1.29, 1.82) is 0 Å². The first-order chi connectivity index (χ1) is 8.05. The van der Waals surface area contributed by atoms with E-state index in [-0.39, 0.29) is 6.04 Å². The SMILES string of the molecule is CC(C)n1ncnc1CNC1(C(=O)O)CCC1. The monoisotopic (exact) mass is 238 g/mol. The van der Waals surface area contributed by atoms with E-state index in [0.717, 1.165) is 12.2 Å². The Labute approximate surface area is 100 Å². The zero-order valence-corrected chi connectivity index (χ0v) is 10.2. The zero-order valence-electron chi connectivity index (χ0n) is 10.2. The molecule has 0 aliphatic heterocycles. The van der Waals surface area contributed by atoms with Gasteiger partial charge in [0.15, 0.2) is 0 Å². The van der Waals surface area contributed by atoms with Gasteiger partial charge in [0, 0.05) is 6.04 Å². The summed E-state index contributed by atoms with van der Waals surface area (Å²) in [6.07, 6.45) is 3.86. The van der Waals surface area contributed by atoms with E-state index in [2.05, 4.69) is 15.4 Å². The van der Waals surface area contributed by atoms with Gasteiger partial charge in [0.1, 0.15) is 17.7 Å². The molecule has 1 aromatic heterocycles. The van der Waals surface area contributed by atoms with Gasteiger partial charge in [-0.25, -0.2) is 9.67 Å². The third kappa shape index (κ3) is 2.17. The number of rotatable bonds is 5. The van der Waals surface area contributed by atoms with Crippen molar-refractivity contribution in [3.05, 3.63) is 12.2 Å². The summed E-state index contributed by atoms with van der Waals surface area (Å²) < 4.78 is 1.81. The molecule has 1 fully saturated rings. The third-order valence-electron chi connectivity index (χ3n) is 3.34. The van der Waals surface area contributed by atoms with Crippen molar-refractivity contribution in [2.75, 3.05) is 0 Å². The number of aliphatic carboxylic acids is 1. The van der Waals surface area contributed by atoms with Gasteiger partial charge in [-0.3, -0.25) is 10.1 Å². The molecule has 0 saturated heterocycles. The molecule has 0 bridgehead atoms. The lowest BCUT2D eigenvalue weighted by Gasteiger charge is -2.38. The molecule has 0 aromatic carbocycles. The maximum Gasteiger partial charge on any atom is 0.323 e. The number of aromatic nitrogens is 3. The standard InChI is InChI=1S/C11H18N4O2/c1-8(2)15-9(12-7-14-15)6-13-11(10(16)17)4-3-5-11/h7-8,13H,3-6H2,1-2H3,(H,16,17). The van der Waals surface area contributed by atoms with Crippen LogP contribution >= 0.6 is 0 Å². The second-order valence-corrected chi connectivity index (χ2v) is 4.81. The first kappa shape index (κ1) is 12.0. The van der Waals surface area contributed by atoms with Gasteiger partial charge in [0.05, 0.1) is 6.54 Å². The van der Waals surface area contributed by atoms with Crippen LogP contribution in [0, 0.1) is 0 Å². The van der Waals surface area contributed by atoms with Crippen LogP contribution in [0.1, 0.15) is 45.0 Å². The molecule has 0 amide bonds. The van der Waals surface area contributed by atoms with Gasteiger partial charge >= 0.3 is 5.97 Å². The second kappa shape index (κ2) is 4.44. The Balaban J connectivity index is 2.02. The lowest BCUT2D eigenvalue weighted by molar-refractivity contribution is -0.148. The first-order valence-corrected chi connectivity index (χ1v) is 5.92. The molecule has 1 aromatic rings. The number of carbonyl (C=O) groups is 1.